The van der Waals surface area contributed by atoms with Gasteiger partial charge in [-0.2, -0.15) is 5.10 Å². The average Bonchev–Trinajstić information content (AvgIpc) is 2.87. The molecule has 1 aliphatic heterocycles. The molecule has 1 unspecified atom stereocenters. The van der Waals surface area contributed by atoms with Crippen molar-refractivity contribution in [1.29, 1.82) is 0 Å². The monoisotopic (exact) mass is 230 g/mol. The van der Waals surface area contributed by atoms with Gasteiger partial charge in [-0.05, 0) is 39.3 Å². The van der Waals surface area contributed by atoms with Crippen LogP contribution < -0.4 is 5.32 Å². The number of nitrogens with zero attached hydrogens (tertiary/aromatic N) is 3. The van der Waals surface area contributed by atoms with Gasteiger partial charge in [0.05, 0.1) is 5.69 Å². The Hall–Kier alpha value is -1.42. The van der Waals surface area contributed by atoms with Gasteiger partial charge in [-0.15, -0.1) is 0 Å². The molecule has 1 aliphatic rings. The zero-order chi connectivity index (χ0) is 11.8. The number of aryl methyl sites for hydroxylation is 2. The molecule has 0 saturated carbocycles. The highest BCUT2D eigenvalue weighted by molar-refractivity contribution is 5.41. The Balaban J connectivity index is 1.93. The summed E-state index contributed by atoms with van der Waals surface area (Å²) in [6.45, 7) is 5.25. The molecule has 1 fully saturated rings. The van der Waals surface area contributed by atoms with Crippen molar-refractivity contribution in [3.63, 3.8) is 0 Å². The van der Waals surface area contributed by atoms with E-state index in [4.69, 9.17) is 0 Å². The van der Waals surface area contributed by atoms with E-state index in [1.807, 2.05) is 11.4 Å². The van der Waals surface area contributed by atoms with Crippen molar-refractivity contribution in [2.24, 2.45) is 0 Å². The predicted molar refractivity (Wildman–Crippen MR) is 67.2 cm³/mol. The van der Waals surface area contributed by atoms with E-state index < -0.39 is 0 Å². The largest absolute Gasteiger partial charge is 0.314 e. The summed E-state index contributed by atoms with van der Waals surface area (Å²) in [5, 5.41) is 8.14. The molecule has 4 nitrogen and oxygen atoms in total. The lowest BCUT2D eigenvalue weighted by Gasteiger charge is -2.06. The maximum atomic E-state index is 4.63. The number of rotatable bonds is 2. The van der Waals surface area contributed by atoms with Crippen molar-refractivity contribution < 1.29 is 0 Å². The molecule has 1 saturated heterocycles. The molecule has 0 aromatic carbocycles. The number of nitrogens with one attached hydrogen (secondary N) is 1. The van der Waals surface area contributed by atoms with Gasteiger partial charge in [-0.25, -0.2) is 9.50 Å². The zero-order valence-electron chi connectivity index (χ0n) is 10.4. The van der Waals surface area contributed by atoms with Gasteiger partial charge in [0.2, 0.25) is 0 Å². The van der Waals surface area contributed by atoms with Gasteiger partial charge in [-0.3, -0.25) is 0 Å². The van der Waals surface area contributed by atoms with Gasteiger partial charge in [0.1, 0.15) is 0 Å². The van der Waals surface area contributed by atoms with Crippen molar-refractivity contribution in [1.82, 2.24) is 19.9 Å². The van der Waals surface area contributed by atoms with Crippen molar-refractivity contribution in [2.75, 3.05) is 6.54 Å². The maximum absolute atomic E-state index is 4.63. The van der Waals surface area contributed by atoms with Crippen LogP contribution in [0.1, 0.15) is 29.9 Å². The van der Waals surface area contributed by atoms with Gasteiger partial charge < -0.3 is 5.32 Å². The van der Waals surface area contributed by atoms with Crippen LogP contribution in [0.5, 0.6) is 0 Å². The van der Waals surface area contributed by atoms with E-state index in [1.165, 1.54) is 12.8 Å². The first-order valence-corrected chi connectivity index (χ1v) is 6.29. The van der Waals surface area contributed by atoms with Crippen molar-refractivity contribution in [3.05, 3.63) is 29.2 Å². The molecular formula is C13H18N4. The molecule has 0 spiro atoms. The summed E-state index contributed by atoms with van der Waals surface area (Å²) < 4.78 is 1.94. The van der Waals surface area contributed by atoms with E-state index in [1.54, 1.807) is 0 Å². The van der Waals surface area contributed by atoms with Crippen LogP contribution in [0.3, 0.4) is 0 Å². The van der Waals surface area contributed by atoms with E-state index >= 15 is 0 Å². The lowest BCUT2D eigenvalue weighted by molar-refractivity contribution is 0.592. The van der Waals surface area contributed by atoms with Crippen LogP contribution >= 0.6 is 0 Å². The van der Waals surface area contributed by atoms with E-state index in [0.29, 0.717) is 6.04 Å². The summed E-state index contributed by atoms with van der Waals surface area (Å²) in [7, 11) is 0. The number of hydrogen-bond donors (Lipinski definition) is 1. The predicted octanol–water partition coefficient (Wildman–Crippen LogP) is 1.64. The van der Waals surface area contributed by atoms with E-state index in [0.717, 1.165) is 35.7 Å². The third-order valence-electron chi connectivity index (χ3n) is 3.40. The molecule has 1 atom stereocenters. The van der Waals surface area contributed by atoms with Gasteiger partial charge in [0.25, 0.3) is 0 Å². The minimum absolute atomic E-state index is 0.598. The first-order valence-electron chi connectivity index (χ1n) is 6.29. The van der Waals surface area contributed by atoms with Crippen molar-refractivity contribution in [2.45, 2.75) is 39.2 Å². The fourth-order valence-electron chi connectivity index (χ4n) is 2.62. The van der Waals surface area contributed by atoms with Crippen molar-refractivity contribution >= 4 is 5.65 Å². The van der Waals surface area contributed by atoms with Gasteiger partial charge >= 0.3 is 0 Å². The average molecular weight is 230 g/mol. The van der Waals surface area contributed by atoms with Gasteiger partial charge in [-0.1, -0.05) is 0 Å². The summed E-state index contributed by atoms with van der Waals surface area (Å²) in [5.74, 6) is 0. The van der Waals surface area contributed by atoms with Crippen LogP contribution in [0.15, 0.2) is 12.1 Å². The van der Waals surface area contributed by atoms with Crippen LogP contribution in [-0.2, 0) is 6.42 Å². The molecule has 3 rings (SSSR count). The quantitative estimate of drug-likeness (QED) is 0.853. The minimum atomic E-state index is 0.598. The highest BCUT2D eigenvalue weighted by Gasteiger charge is 2.16. The van der Waals surface area contributed by atoms with E-state index in [-0.39, 0.29) is 0 Å². The topological polar surface area (TPSA) is 42.2 Å². The second kappa shape index (κ2) is 4.11. The summed E-state index contributed by atoms with van der Waals surface area (Å²) in [6, 6.07) is 4.78. The highest BCUT2D eigenvalue weighted by atomic mass is 15.3. The van der Waals surface area contributed by atoms with Gasteiger partial charge in [0.15, 0.2) is 5.65 Å². The number of fused-ring (bicyclic) bond motifs is 1. The molecule has 17 heavy (non-hydrogen) atoms. The Bertz CT molecular complexity index is 538. The molecule has 2 aromatic heterocycles. The summed E-state index contributed by atoms with van der Waals surface area (Å²) in [5.41, 5.74) is 4.32. The molecule has 0 radical (unpaired) electrons. The number of aromatic nitrogens is 3. The van der Waals surface area contributed by atoms with Gasteiger partial charge in [0, 0.05) is 29.9 Å². The Morgan fingerprint density at radius 3 is 3.06 bits per heavy atom. The minimum Gasteiger partial charge on any atom is -0.314 e. The van der Waals surface area contributed by atoms with Crippen LogP contribution in [-0.4, -0.2) is 27.2 Å². The third-order valence-corrected chi connectivity index (χ3v) is 3.40. The van der Waals surface area contributed by atoms with Crippen LogP contribution in [0.2, 0.25) is 0 Å². The first-order chi connectivity index (χ1) is 8.22. The van der Waals surface area contributed by atoms with E-state index in [9.17, 15) is 0 Å². The maximum Gasteiger partial charge on any atom is 0.155 e. The lowest BCUT2D eigenvalue weighted by atomic mass is 10.1. The van der Waals surface area contributed by atoms with Crippen LogP contribution in [0, 0.1) is 13.8 Å². The van der Waals surface area contributed by atoms with Crippen LogP contribution in [0.4, 0.5) is 0 Å². The molecule has 0 amide bonds. The Morgan fingerprint density at radius 2 is 2.29 bits per heavy atom. The number of hydrogen-bond acceptors (Lipinski definition) is 3. The standard InChI is InChI=1S/C13H18N4/c1-9-6-10(2)17-13(15-9)8-12(16-17)7-11-4-3-5-14-11/h6,8,11,14H,3-5,7H2,1-2H3. The second-order valence-corrected chi connectivity index (χ2v) is 4.94. The Morgan fingerprint density at radius 1 is 1.41 bits per heavy atom. The molecule has 0 aliphatic carbocycles. The molecule has 0 bridgehead atoms. The fraction of sp³-hybridized carbons (Fsp3) is 0.538. The summed E-state index contributed by atoms with van der Waals surface area (Å²) >= 11 is 0. The highest BCUT2D eigenvalue weighted by Crippen LogP contribution is 2.14. The molecular weight excluding hydrogens is 212 g/mol. The molecule has 90 valence electrons. The second-order valence-electron chi connectivity index (χ2n) is 4.94. The first kappa shape index (κ1) is 10.7. The zero-order valence-corrected chi connectivity index (χ0v) is 10.4. The fourth-order valence-corrected chi connectivity index (χ4v) is 2.62. The molecule has 3 heterocycles. The third kappa shape index (κ3) is 2.05. The van der Waals surface area contributed by atoms with E-state index in [2.05, 4.69) is 34.5 Å². The molecule has 1 N–H and O–H groups in total. The van der Waals surface area contributed by atoms with Crippen molar-refractivity contribution in [3.8, 4) is 0 Å². The molecule has 2 aromatic rings. The molecule has 4 heteroatoms. The Labute approximate surface area is 101 Å². The Kier molecular flexibility index (Phi) is 2.59. The smallest absolute Gasteiger partial charge is 0.155 e. The summed E-state index contributed by atoms with van der Waals surface area (Å²) in [6.07, 6.45) is 3.57. The lowest BCUT2D eigenvalue weighted by Crippen LogP contribution is -2.23. The SMILES string of the molecule is Cc1cc(C)n2nc(CC3CCCN3)cc2n1. The normalized spacial score (nSPS) is 20.2. The van der Waals surface area contributed by atoms with Crippen LogP contribution in [0.25, 0.3) is 5.65 Å². The summed E-state index contributed by atoms with van der Waals surface area (Å²) in [4.78, 5) is 4.51.